The van der Waals surface area contributed by atoms with Gasteiger partial charge in [-0.25, -0.2) is 4.39 Å². The second kappa shape index (κ2) is 6.84. The Morgan fingerprint density at radius 1 is 1.62 bits per heavy atom. The van der Waals surface area contributed by atoms with Gasteiger partial charge in [-0.3, -0.25) is 0 Å². The summed E-state index contributed by atoms with van der Waals surface area (Å²) >= 11 is 0. The smallest absolute Gasteiger partial charge is 0.170 e. The fourth-order valence-electron chi connectivity index (χ4n) is 2.29. The van der Waals surface area contributed by atoms with Crippen LogP contribution in [0.1, 0.15) is 17.5 Å². The van der Waals surface area contributed by atoms with Gasteiger partial charge >= 0.3 is 0 Å². The number of nitrogens with one attached hydrogen (secondary N) is 1. The molecule has 0 saturated carbocycles. The summed E-state index contributed by atoms with van der Waals surface area (Å²) in [5, 5.41) is 14.6. The van der Waals surface area contributed by atoms with E-state index in [-0.39, 0.29) is 11.4 Å². The highest BCUT2D eigenvalue weighted by atomic mass is 19.1. The van der Waals surface area contributed by atoms with Crippen molar-refractivity contribution in [2.24, 2.45) is 10.9 Å². The number of oxime groups is 1. The van der Waals surface area contributed by atoms with Crippen LogP contribution in [-0.4, -0.2) is 43.5 Å². The van der Waals surface area contributed by atoms with Gasteiger partial charge in [-0.05, 0) is 6.07 Å². The Kier molecular flexibility index (Phi) is 5.11. The van der Waals surface area contributed by atoms with Crippen molar-refractivity contribution in [3.05, 3.63) is 35.1 Å². The van der Waals surface area contributed by atoms with Crippen LogP contribution in [0.15, 0.2) is 23.4 Å². The van der Waals surface area contributed by atoms with Gasteiger partial charge in [-0.15, -0.1) is 0 Å². The Bertz CT molecular complexity index is 516. The van der Waals surface area contributed by atoms with Gasteiger partial charge in [0, 0.05) is 44.4 Å². The maximum absolute atomic E-state index is 13.9. The minimum atomic E-state index is -0.402. The molecule has 0 radical (unpaired) electrons. The van der Waals surface area contributed by atoms with Gasteiger partial charge in [0.1, 0.15) is 11.4 Å². The Labute approximate surface area is 122 Å². The molecule has 1 unspecified atom stereocenters. The molecule has 2 rings (SSSR count). The van der Waals surface area contributed by atoms with Crippen LogP contribution in [-0.2, 0) is 16.0 Å². The molecule has 1 aliphatic rings. The van der Waals surface area contributed by atoms with Crippen molar-refractivity contribution < 1.29 is 19.1 Å². The normalized spacial score (nSPS) is 22.7. The molecule has 0 aromatic heterocycles. The first-order valence-corrected chi connectivity index (χ1v) is 6.70. The van der Waals surface area contributed by atoms with E-state index in [1.165, 1.54) is 6.07 Å². The van der Waals surface area contributed by atoms with Crippen LogP contribution in [0.2, 0.25) is 0 Å². The third kappa shape index (κ3) is 3.69. The highest BCUT2D eigenvalue weighted by Gasteiger charge is 2.34. The molecule has 1 aromatic rings. The lowest BCUT2D eigenvalue weighted by Gasteiger charge is -2.26. The van der Waals surface area contributed by atoms with Crippen LogP contribution in [0, 0.1) is 5.82 Å². The molecule has 1 aliphatic heterocycles. The van der Waals surface area contributed by atoms with E-state index in [2.05, 4.69) is 10.5 Å². The molecule has 1 atom stereocenters. The second-order valence-corrected chi connectivity index (χ2v) is 5.08. The number of ether oxygens (including phenoxy) is 2. The number of amidine groups is 1. The number of halogens is 1. The number of nitrogens with two attached hydrogens (primary N) is 1. The Morgan fingerprint density at radius 3 is 3.00 bits per heavy atom. The predicted molar refractivity (Wildman–Crippen MR) is 75.8 cm³/mol. The fourth-order valence-corrected chi connectivity index (χ4v) is 2.29. The number of hydrogen-bond acceptors (Lipinski definition) is 5. The molecule has 0 spiro atoms. The van der Waals surface area contributed by atoms with E-state index in [4.69, 9.17) is 20.4 Å². The monoisotopic (exact) mass is 297 g/mol. The van der Waals surface area contributed by atoms with Gasteiger partial charge in [-0.2, -0.15) is 0 Å². The Morgan fingerprint density at radius 2 is 2.43 bits per heavy atom. The van der Waals surface area contributed by atoms with Gasteiger partial charge in [0.25, 0.3) is 0 Å². The van der Waals surface area contributed by atoms with Crippen molar-refractivity contribution >= 4 is 5.84 Å². The number of methoxy groups -OCH3 is 1. The summed E-state index contributed by atoms with van der Waals surface area (Å²) in [6.07, 6.45) is 0.821. The van der Waals surface area contributed by atoms with E-state index < -0.39 is 5.82 Å². The number of hydrogen-bond donors (Lipinski definition) is 3. The van der Waals surface area contributed by atoms with Crippen molar-refractivity contribution in [1.82, 2.24) is 5.32 Å². The van der Waals surface area contributed by atoms with Gasteiger partial charge in [0.2, 0.25) is 0 Å². The molecule has 0 amide bonds. The number of nitrogens with zero attached hydrogens (tertiary/aromatic N) is 1. The molecule has 116 valence electrons. The van der Waals surface area contributed by atoms with Crippen molar-refractivity contribution in [2.45, 2.75) is 18.6 Å². The van der Waals surface area contributed by atoms with E-state index in [1.54, 1.807) is 19.2 Å². The van der Waals surface area contributed by atoms with Crippen molar-refractivity contribution in [3.63, 3.8) is 0 Å². The Hall–Kier alpha value is -1.70. The van der Waals surface area contributed by atoms with Crippen molar-refractivity contribution in [1.29, 1.82) is 0 Å². The molecule has 0 bridgehead atoms. The molecule has 6 nitrogen and oxygen atoms in total. The molecule has 1 fully saturated rings. The lowest BCUT2D eigenvalue weighted by atomic mass is 10.0. The lowest BCUT2D eigenvalue weighted by molar-refractivity contribution is -0.0159. The van der Waals surface area contributed by atoms with Gasteiger partial charge in [0.05, 0.1) is 6.61 Å². The minimum absolute atomic E-state index is 0.116. The van der Waals surface area contributed by atoms with E-state index in [9.17, 15) is 4.39 Å². The van der Waals surface area contributed by atoms with Crippen LogP contribution >= 0.6 is 0 Å². The zero-order valence-corrected chi connectivity index (χ0v) is 11.9. The summed E-state index contributed by atoms with van der Waals surface area (Å²) in [6.45, 7) is 2.18. The van der Waals surface area contributed by atoms with Crippen molar-refractivity contribution in [2.75, 3.05) is 26.9 Å². The molecule has 1 heterocycles. The van der Waals surface area contributed by atoms with Crippen LogP contribution in [0.5, 0.6) is 0 Å². The quantitative estimate of drug-likeness (QED) is 0.313. The zero-order valence-electron chi connectivity index (χ0n) is 11.9. The predicted octanol–water partition coefficient (Wildman–Crippen LogP) is 0.815. The topological polar surface area (TPSA) is 89.1 Å². The van der Waals surface area contributed by atoms with Gasteiger partial charge < -0.3 is 25.7 Å². The molecule has 21 heavy (non-hydrogen) atoms. The van der Waals surface area contributed by atoms with E-state index >= 15 is 0 Å². The summed E-state index contributed by atoms with van der Waals surface area (Å²) in [7, 11) is 1.66. The first-order valence-electron chi connectivity index (χ1n) is 6.70. The molecule has 0 aliphatic carbocycles. The fraction of sp³-hybridized carbons (Fsp3) is 0.500. The summed E-state index contributed by atoms with van der Waals surface area (Å²) in [5.74, 6) is -0.518. The summed E-state index contributed by atoms with van der Waals surface area (Å²) in [5.41, 5.74) is 5.94. The summed E-state index contributed by atoms with van der Waals surface area (Å²) in [4.78, 5) is 0. The van der Waals surface area contributed by atoms with E-state index in [1.807, 2.05) is 0 Å². The molecule has 4 N–H and O–H groups in total. The maximum Gasteiger partial charge on any atom is 0.170 e. The third-order valence-corrected chi connectivity index (χ3v) is 3.72. The van der Waals surface area contributed by atoms with Crippen LogP contribution in [0.25, 0.3) is 0 Å². The first-order chi connectivity index (χ1) is 10.1. The number of rotatable bonds is 6. The van der Waals surface area contributed by atoms with Gasteiger partial charge in [0.15, 0.2) is 5.84 Å². The average Bonchev–Trinajstić information content (AvgIpc) is 2.97. The molecule has 7 heteroatoms. The molecular weight excluding hydrogens is 277 g/mol. The molecule has 1 saturated heterocycles. The maximum atomic E-state index is 13.9. The standard InChI is InChI=1S/C14H20FN3O3/c1-20-14(4-5-21-9-14)8-17-7-11-3-2-10(6-12(11)15)13(16)18-19/h2-3,6,17,19H,4-5,7-9H2,1H3,(H2,16,18). The highest BCUT2D eigenvalue weighted by molar-refractivity contribution is 5.97. The van der Waals surface area contributed by atoms with Crippen LogP contribution < -0.4 is 11.1 Å². The van der Waals surface area contributed by atoms with E-state index in [0.717, 1.165) is 6.42 Å². The van der Waals surface area contributed by atoms with Gasteiger partial charge in [-0.1, -0.05) is 17.3 Å². The van der Waals surface area contributed by atoms with Crippen molar-refractivity contribution in [3.8, 4) is 0 Å². The SMILES string of the molecule is COC1(CNCc2ccc(/C(N)=N/O)cc2F)CCOC1. The van der Waals surface area contributed by atoms with Crippen LogP contribution in [0.4, 0.5) is 4.39 Å². The van der Waals surface area contributed by atoms with Crippen LogP contribution in [0.3, 0.4) is 0 Å². The zero-order chi connectivity index (χ0) is 15.3. The van der Waals surface area contributed by atoms with E-state index in [0.29, 0.717) is 37.4 Å². The highest BCUT2D eigenvalue weighted by Crippen LogP contribution is 2.21. The summed E-state index contributed by atoms with van der Waals surface area (Å²) < 4.78 is 24.8. The second-order valence-electron chi connectivity index (χ2n) is 5.08. The molecular formula is C14H20FN3O3. The largest absolute Gasteiger partial charge is 0.409 e. The first kappa shape index (κ1) is 15.7. The number of benzene rings is 1. The average molecular weight is 297 g/mol. The molecule has 1 aromatic carbocycles. The minimum Gasteiger partial charge on any atom is -0.409 e. The third-order valence-electron chi connectivity index (χ3n) is 3.72. The lowest BCUT2D eigenvalue weighted by Crippen LogP contribution is -2.42. The summed E-state index contributed by atoms with van der Waals surface area (Å²) in [6, 6.07) is 4.47. The Balaban J connectivity index is 1.94.